The zero-order valence-electron chi connectivity index (χ0n) is 10.1. The number of nitrogens with zero attached hydrogens (tertiary/aromatic N) is 2. The first-order valence-electron chi connectivity index (χ1n) is 5.40. The van der Waals surface area contributed by atoms with Crippen molar-refractivity contribution in [1.29, 1.82) is 0 Å². The summed E-state index contributed by atoms with van der Waals surface area (Å²) >= 11 is 3.38. The molecule has 1 heterocycles. The van der Waals surface area contributed by atoms with E-state index in [9.17, 15) is 4.79 Å². The number of carboxylic acid groups (broad SMARTS) is 1. The average molecular weight is 326 g/mol. The number of aromatic carboxylic acids is 1. The summed E-state index contributed by atoms with van der Waals surface area (Å²) in [7, 11) is 1.58. The highest BCUT2D eigenvalue weighted by atomic mass is 79.9. The molecule has 0 aliphatic heterocycles. The Morgan fingerprint density at radius 1 is 1.58 bits per heavy atom. The standard InChI is InChI=1S/C12H12BrN3O3/c1-19-10-3-2-8(13)4-7(10)5-16-6-9(14)11(15-16)12(17)18/h2-4,6H,5,14H2,1H3,(H,17,18). The van der Waals surface area contributed by atoms with E-state index >= 15 is 0 Å². The van der Waals surface area contributed by atoms with E-state index in [-0.39, 0.29) is 11.4 Å². The molecule has 0 saturated heterocycles. The number of anilines is 1. The number of nitrogen functional groups attached to an aromatic ring is 1. The zero-order chi connectivity index (χ0) is 14.0. The summed E-state index contributed by atoms with van der Waals surface area (Å²) in [5.74, 6) is -0.438. The first-order chi connectivity index (χ1) is 9.01. The molecule has 0 radical (unpaired) electrons. The Morgan fingerprint density at radius 3 is 2.89 bits per heavy atom. The van der Waals surface area contributed by atoms with Crippen LogP contribution in [0.3, 0.4) is 0 Å². The maximum absolute atomic E-state index is 10.9. The van der Waals surface area contributed by atoms with Crippen molar-refractivity contribution < 1.29 is 14.6 Å². The molecule has 100 valence electrons. The molecule has 1 aromatic heterocycles. The first kappa shape index (κ1) is 13.4. The van der Waals surface area contributed by atoms with Gasteiger partial charge in [0.15, 0.2) is 5.69 Å². The normalized spacial score (nSPS) is 10.4. The summed E-state index contributed by atoms with van der Waals surface area (Å²) in [6.45, 7) is 0.375. The first-order valence-corrected chi connectivity index (χ1v) is 6.19. The second kappa shape index (κ2) is 5.31. The van der Waals surface area contributed by atoms with E-state index in [4.69, 9.17) is 15.6 Å². The molecular weight excluding hydrogens is 314 g/mol. The van der Waals surface area contributed by atoms with Crippen molar-refractivity contribution >= 4 is 27.6 Å². The van der Waals surface area contributed by atoms with E-state index in [0.29, 0.717) is 12.3 Å². The predicted octanol–water partition coefficient (Wildman–Crippen LogP) is 1.98. The number of ether oxygens (including phenoxy) is 1. The molecule has 0 amide bonds. The Labute approximate surface area is 117 Å². The molecule has 0 spiro atoms. The third kappa shape index (κ3) is 2.87. The fourth-order valence-corrected chi connectivity index (χ4v) is 2.14. The van der Waals surface area contributed by atoms with Crippen LogP contribution < -0.4 is 10.5 Å². The van der Waals surface area contributed by atoms with Crippen molar-refractivity contribution in [2.24, 2.45) is 0 Å². The summed E-state index contributed by atoms with van der Waals surface area (Å²) in [5, 5.41) is 12.8. The van der Waals surface area contributed by atoms with E-state index in [1.165, 1.54) is 10.9 Å². The van der Waals surface area contributed by atoms with Crippen LogP contribution >= 0.6 is 15.9 Å². The Kier molecular flexibility index (Phi) is 3.75. The van der Waals surface area contributed by atoms with Crippen LogP contribution in [0.1, 0.15) is 16.1 Å². The molecule has 6 nitrogen and oxygen atoms in total. The van der Waals surface area contributed by atoms with Gasteiger partial charge < -0.3 is 15.6 Å². The number of benzene rings is 1. The number of aromatic nitrogens is 2. The van der Waals surface area contributed by atoms with E-state index in [0.717, 1.165) is 10.0 Å². The molecule has 7 heteroatoms. The molecule has 3 N–H and O–H groups in total. The number of rotatable bonds is 4. The number of nitrogens with two attached hydrogens (primary N) is 1. The summed E-state index contributed by atoms with van der Waals surface area (Å²) < 4.78 is 7.63. The maximum atomic E-state index is 10.9. The molecule has 0 atom stereocenters. The SMILES string of the molecule is COc1ccc(Br)cc1Cn1cc(N)c(C(=O)O)n1. The highest BCUT2D eigenvalue weighted by Crippen LogP contribution is 2.24. The Morgan fingerprint density at radius 2 is 2.32 bits per heavy atom. The van der Waals surface area contributed by atoms with Crippen LogP contribution in [0.4, 0.5) is 5.69 Å². The quantitative estimate of drug-likeness (QED) is 0.897. The molecule has 0 bridgehead atoms. The minimum Gasteiger partial charge on any atom is -0.496 e. The van der Waals surface area contributed by atoms with Crippen LogP contribution in [0.2, 0.25) is 0 Å². The zero-order valence-corrected chi connectivity index (χ0v) is 11.7. The molecule has 1 aromatic carbocycles. The van der Waals surface area contributed by atoms with E-state index < -0.39 is 5.97 Å². The van der Waals surface area contributed by atoms with Gasteiger partial charge in [-0.15, -0.1) is 0 Å². The predicted molar refractivity (Wildman–Crippen MR) is 73.4 cm³/mol. The van der Waals surface area contributed by atoms with Gasteiger partial charge in [0.25, 0.3) is 0 Å². The lowest BCUT2D eigenvalue weighted by molar-refractivity contribution is 0.0690. The Balaban J connectivity index is 2.33. The van der Waals surface area contributed by atoms with Crippen molar-refractivity contribution in [2.45, 2.75) is 6.54 Å². The molecule has 0 aliphatic carbocycles. The van der Waals surface area contributed by atoms with Crippen LogP contribution in [0.15, 0.2) is 28.9 Å². The molecule has 0 aliphatic rings. The monoisotopic (exact) mass is 325 g/mol. The highest BCUT2D eigenvalue weighted by molar-refractivity contribution is 9.10. The smallest absolute Gasteiger partial charge is 0.358 e. The van der Waals surface area contributed by atoms with Gasteiger partial charge in [-0.1, -0.05) is 15.9 Å². The van der Waals surface area contributed by atoms with E-state index in [1.807, 2.05) is 18.2 Å². The lowest BCUT2D eigenvalue weighted by atomic mass is 10.2. The number of carbonyl (C=O) groups is 1. The van der Waals surface area contributed by atoms with Gasteiger partial charge in [-0.05, 0) is 18.2 Å². The number of halogens is 1. The minimum atomic E-state index is -1.14. The lowest BCUT2D eigenvalue weighted by Gasteiger charge is -2.08. The second-order valence-corrected chi connectivity index (χ2v) is 4.81. The number of hydrogen-bond acceptors (Lipinski definition) is 4. The maximum Gasteiger partial charge on any atom is 0.358 e. The van der Waals surface area contributed by atoms with Gasteiger partial charge in [-0.25, -0.2) is 4.79 Å². The number of carboxylic acids is 1. The molecule has 0 unspecified atom stereocenters. The van der Waals surface area contributed by atoms with E-state index in [1.54, 1.807) is 7.11 Å². The molecule has 2 rings (SSSR count). The summed E-state index contributed by atoms with van der Waals surface area (Å²) in [4.78, 5) is 10.9. The average Bonchev–Trinajstić information content (AvgIpc) is 2.71. The molecule has 0 fully saturated rings. The molecule has 19 heavy (non-hydrogen) atoms. The van der Waals surface area contributed by atoms with Gasteiger partial charge in [0, 0.05) is 16.2 Å². The third-order valence-electron chi connectivity index (χ3n) is 2.57. The topological polar surface area (TPSA) is 90.4 Å². The fraction of sp³-hybridized carbons (Fsp3) is 0.167. The van der Waals surface area contributed by atoms with E-state index in [2.05, 4.69) is 21.0 Å². The summed E-state index contributed by atoms with van der Waals surface area (Å²) in [6.07, 6.45) is 1.49. The highest BCUT2D eigenvalue weighted by Gasteiger charge is 2.14. The van der Waals surface area contributed by atoms with Gasteiger partial charge >= 0.3 is 5.97 Å². The Bertz CT molecular complexity index is 625. The van der Waals surface area contributed by atoms with Gasteiger partial charge in [-0.2, -0.15) is 5.10 Å². The van der Waals surface area contributed by atoms with Crippen molar-refractivity contribution in [1.82, 2.24) is 9.78 Å². The fourth-order valence-electron chi connectivity index (χ4n) is 1.73. The van der Waals surface area contributed by atoms with Crippen LogP contribution in [0.25, 0.3) is 0 Å². The van der Waals surface area contributed by atoms with Crippen LogP contribution in [-0.2, 0) is 6.54 Å². The van der Waals surface area contributed by atoms with Crippen LogP contribution in [0.5, 0.6) is 5.75 Å². The lowest BCUT2D eigenvalue weighted by Crippen LogP contribution is -2.05. The van der Waals surface area contributed by atoms with Gasteiger partial charge in [0.05, 0.1) is 19.3 Å². The van der Waals surface area contributed by atoms with Gasteiger partial charge in [-0.3, -0.25) is 4.68 Å². The molecule has 0 saturated carbocycles. The van der Waals surface area contributed by atoms with Crippen molar-refractivity contribution in [3.05, 3.63) is 40.1 Å². The van der Waals surface area contributed by atoms with Crippen molar-refractivity contribution in [2.75, 3.05) is 12.8 Å². The summed E-state index contributed by atoms with van der Waals surface area (Å²) in [6, 6.07) is 5.57. The van der Waals surface area contributed by atoms with Crippen LogP contribution in [0, 0.1) is 0 Å². The third-order valence-corrected chi connectivity index (χ3v) is 3.06. The van der Waals surface area contributed by atoms with Crippen molar-refractivity contribution in [3.8, 4) is 5.75 Å². The minimum absolute atomic E-state index is 0.140. The molecular formula is C12H12BrN3O3. The second-order valence-electron chi connectivity index (χ2n) is 3.89. The summed E-state index contributed by atoms with van der Waals surface area (Å²) in [5.41, 5.74) is 6.46. The number of methoxy groups -OCH3 is 1. The van der Waals surface area contributed by atoms with Crippen LogP contribution in [-0.4, -0.2) is 28.0 Å². The molecule has 2 aromatic rings. The Hall–Kier alpha value is -2.02. The largest absolute Gasteiger partial charge is 0.496 e. The van der Waals surface area contributed by atoms with Gasteiger partial charge in [0.2, 0.25) is 0 Å². The van der Waals surface area contributed by atoms with Gasteiger partial charge in [0.1, 0.15) is 5.75 Å². The van der Waals surface area contributed by atoms with Crippen molar-refractivity contribution in [3.63, 3.8) is 0 Å². The number of hydrogen-bond donors (Lipinski definition) is 2.